The van der Waals surface area contributed by atoms with E-state index in [2.05, 4.69) is 11.4 Å². The molecule has 5 nitrogen and oxygen atoms in total. The highest BCUT2D eigenvalue weighted by Gasteiger charge is 2.00. The largest absolute Gasteiger partial charge is 0.756 e. The molecule has 0 radical (unpaired) electrons. The summed E-state index contributed by atoms with van der Waals surface area (Å²) in [6.07, 6.45) is 14.7. The molecule has 0 amide bonds. The van der Waals surface area contributed by atoms with Gasteiger partial charge in [-0.15, -0.1) is 0 Å². The lowest BCUT2D eigenvalue weighted by molar-refractivity contribution is -0.219. The smallest absolute Gasteiger partial charge is 0.265 e. The molecule has 0 aliphatic carbocycles. The third kappa shape index (κ3) is 20.4. The van der Waals surface area contributed by atoms with E-state index >= 15 is 0 Å². The minimum Gasteiger partial charge on any atom is -0.756 e. The monoisotopic (exact) mass is 311 g/mol. The van der Waals surface area contributed by atoms with Crippen LogP contribution in [0, 0.1) is 0 Å². The molecule has 0 spiro atoms. The predicted octanol–water partition coefficient (Wildman–Crippen LogP) is 4.54. The van der Waals surface area contributed by atoms with Crippen LogP contribution in [0.15, 0.2) is 0 Å². The van der Waals surface area contributed by atoms with E-state index in [-0.39, 0.29) is 12.8 Å². The molecule has 0 rings (SSSR count). The zero-order valence-corrected chi connectivity index (χ0v) is 14.2. The van der Waals surface area contributed by atoms with E-state index in [0.29, 0.717) is 6.42 Å². The van der Waals surface area contributed by atoms with Crippen molar-refractivity contribution in [1.82, 2.24) is 6.15 Å². The van der Waals surface area contributed by atoms with Gasteiger partial charge in [0.1, 0.15) is 0 Å². The Morgan fingerprint density at radius 2 is 1.20 bits per heavy atom. The lowest BCUT2D eigenvalue weighted by Crippen LogP contribution is -2.04. The molecular formula is C14H34NO4P. The van der Waals surface area contributed by atoms with Gasteiger partial charge in [-0.1, -0.05) is 77.6 Å². The fraction of sp³-hybridized carbons (Fsp3) is 1.00. The summed E-state index contributed by atoms with van der Waals surface area (Å²) in [5.74, 6) is 0. The topological polar surface area (TPSA) is 106 Å². The molecule has 0 aliphatic heterocycles. The van der Waals surface area contributed by atoms with Gasteiger partial charge in [-0.3, -0.25) is 4.57 Å². The Bertz CT molecular complexity index is 233. The Labute approximate surface area is 124 Å². The summed E-state index contributed by atoms with van der Waals surface area (Å²) < 4.78 is 14.6. The minimum absolute atomic E-state index is 0. The van der Waals surface area contributed by atoms with E-state index in [1.165, 1.54) is 57.8 Å². The summed E-state index contributed by atoms with van der Waals surface area (Å²) in [5.41, 5.74) is 0. The van der Waals surface area contributed by atoms with Crippen molar-refractivity contribution in [3.05, 3.63) is 0 Å². The Morgan fingerprint density at radius 1 is 0.850 bits per heavy atom. The van der Waals surface area contributed by atoms with Gasteiger partial charge in [0.25, 0.3) is 7.82 Å². The first-order valence-electron chi connectivity index (χ1n) is 7.74. The van der Waals surface area contributed by atoms with E-state index in [0.717, 1.165) is 12.8 Å². The maximum Gasteiger partial charge on any atom is 0.265 e. The van der Waals surface area contributed by atoms with Crippen LogP contribution < -0.4 is 11.0 Å². The van der Waals surface area contributed by atoms with Gasteiger partial charge >= 0.3 is 0 Å². The Morgan fingerprint density at radius 3 is 1.55 bits per heavy atom. The first-order chi connectivity index (χ1) is 9.06. The molecule has 0 saturated carbocycles. The quantitative estimate of drug-likeness (QED) is 0.362. The molecule has 0 aromatic heterocycles. The normalized spacial score (nSPS) is 13.8. The Balaban J connectivity index is 0. The third-order valence-electron chi connectivity index (χ3n) is 3.25. The fourth-order valence-electron chi connectivity index (χ4n) is 2.12. The SMILES string of the molecule is CCCCCCCCCCCCCCOP(=O)([O-])O.[NH4+]. The van der Waals surface area contributed by atoms with Crippen LogP contribution in [0.1, 0.15) is 84.0 Å². The molecule has 1 atom stereocenters. The summed E-state index contributed by atoms with van der Waals surface area (Å²) in [4.78, 5) is 18.7. The lowest BCUT2D eigenvalue weighted by atomic mass is 10.1. The van der Waals surface area contributed by atoms with Crippen molar-refractivity contribution in [3.63, 3.8) is 0 Å². The molecule has 1 unspecified atom stereocenters. The molecule has 0 aliphatic rings. The summed E-state index contributed by atoms with van der Waals surface area (Å²) in [7, 11) is -4.50. The Hall–Kier alpha value is 0.0700. The fourth-order valence-corrected chi connectivity index (χ4v) is 2.48. The molecule has 0 aromatic carbocycles. The van der Waals surface area contributed by atoms with E-state index in [9.17, 15) is 9.46 Å². The van der Waals surface area contributed by atoms with Crippen LogP contribution in [0.2, 0.25) is 0 Å². The van der Waals surface area contributed by atoms with Crippen molar-refractivity contribution < 1.29 is 18.9 Å². The molecule has 20 heavy (non-hydrogen) atoms. The highest BCUT2D eigenvalue weighted by Crippen LogP contribution is 2.30. The first kappa shape index (κ1) is 22.4. The second-order valence-corrected chi connectivity index (χ2v) is 6.39. The average molecular weight is 311 g/mol. The Kier molecular flexibility index (Phi) is 17.3. The second kappa shape index (κ2) is 15.5. The van der Waals surface area contributed by atoms with Gasteiger partial charge in [-0.05, 0) is 6.42 Å². The van der Waals surface area contributed by atoms with Crippen molar-refractivity contribution in [2.24, 2.45) is 0 Å². The first-order valence-corrected chi connectivity index (χ1v) is 9.24. The van der Waals surface area contributed by atoms with Crippen molar-refractivity contribution in [1.29, 1.82) is 0 Å². The van der Waals surface area contributed by atoms with E-state index in [1.54, 1.807) is 0 Å². The van der Waals surface area contributed by atoms with Gasteiger partial charge in [-0.2, -0.15) is 0 Å². The third-order valence-corrected chi connectivity index (χ3v) is 3.76. The van der Waals surface area contributed by atoms with Crippen LogP contribution in [-0.2, 0) is 9.09 Å². The molecule has 0 fully saturated rings. The van der Waals surface area contributed by atoms with Crippen molar-refractivity contribution in [3.8, 4) is 0 Å². The number of rotatable bonds is 14. The zero-order chi connectivity index (χ0) is 14.4. The number of phosphoric ester groups is 1. The number of quaternary nitrogens is 1. The van der Waals surface area contributed by atoms with Gasteiger partial charge in [0.05, 0.1) is 6.61 Å². The van der Waals surface area contributed by atoms with E-state index in [1.807, 2.05) is 0 Å². The van der Waals surface area contributed by atoms with Crippen LogP contribution in [0.5, 0.6) is 0 Å². The van der Waals surface area contributed by atoms with Crippen molar-refractivity contribution >= 4 is 7.82 Å². The molecule has 124 valence electrons. The second-order valence-electron chi connectivity index (χ2n) is 5.19. The van der Waals surface area contributed by atoms with Crippen LogP contribution >= 0.6 is 7.82 Å². The standard InChI is InChI=1S/C14H31O4P.H3N/c1-2-3-4-5-6-7-8-9-10-11-12-13-14-18-19(15,16)17;/h2-14H2,1H3,(H2,15,16,17);1H3. The maximum atomic E-state index is 10.3. The van der Waals surface area contributed by atoms with Gasteiger partial charge < -0.3 is 20.5 Å². The van der Waals surface area contributed by atoms with Crippen molar-refractivity contribution in [2.45, 2.75) is 84.0 Å². The number of unbranched alkanes of at least 4 members (excludes halogenated alkanes) is 11. The summed E-state index contributed by atoms with van der Waals surface area (Å²) in [6, 6.07) is 0. The van der Waals surface area contributed by atoms with Crippen LogP contribution in [0.3, 0.4) is 0 Å². The number of phosphoric acid groups is 1. The van der Waals surface area contributed by atoms with Crippen LogP contribution in [0.25, 0.3) is 0 Å². The molecule has 0 bridgehead atoms. The summed E-state index contributed by atoms with van der Waals surface area (Å²) in [6.45, 7) is 2.34. The van der Waals surface area contributed by atoms with Crippen molar-refractivity contribution in [2.75, 3.05) is 6.61 Å². The molecule has 0 heterocycles. The average Bonchev–Trinajstić information content (AvgIpc) is 2.34. The summed E-state index contributed by atoms with van der Waals surface area (Å²) in [5, 5.41) is 0. The molecular weight excluding hydrogens is 277 g/mol. The predicted molar refractivity (Wildman–Crippen MR) is 82.8 cm³/mol. The van der Waals surface area contributed by atoms with Gasteiger partial charge in [-0.25, -0.2) is 0 Å². The highest BCUT2D eigenvalue weighted by molar-refractivity contribution is 7.44. The highest BCUT2D eigenvalue weighted by atomic mass is 31.2. The molecule has 6 heteroatoms. The number of hydrogen-bond donors (Lipinski definition) is 2. The lowest BCUT2D eigenvalue weighted by Gasteiger charge is -2.14. The van der Waals surface area contributed by atoms with Gasteiger partial charge in [0, 0.05) is 0 Å². The summed E-state index contributed by atoms with van der Waals surface area (Å²) >= 11 is 0. The van der Waals surface area contributed by atoms with Crippen LogP contribution in [0.4, 0.5) is 0 Å². The minimum atomic E-state index is -4.50. The molecule has 5 N–H and O–H groups in total. The van der Waals surface area contributed by atoms with Gasteiger partial charge in [0.2, 0.25) is 0 Å². The zero-order valence-electron chi connectivity index (χ0n) is 13.3. The van der Waals surface area contributed by atoms with E-state index < -0.39 is 7.82 Å². The number of hydrogen-bond acceptors (Lipinski definition) is 3. The molecule has 0 aromatic rings. The van der Waals surface area contributed by atoms with Gasteiger partial charge in [0.15, 0.2) is 0 Å². The van der Waals surface area contributed by atoms with E-state index in [4.69, 9.17) is 4.89 Å². The van der Waals surface area contributed by atoms with Crippen LogP contribution in [-0.4, -0.2) is 11.5 Å². The molecule has 0 saturated heterocycles. The maximum absolute atomic E-state index is 10.3.